The molecule has 2 aromatic rings. The zero-order valence-corrected chi connectivity index (χ0v) is 14.4. The van der Waals surface area contributed by atoms with Crippen molar-refractivity contribution in [3.63, 3.8) is 0 Å². The molecule has 0 spiro atoms. The molecule has 1 unspecified atom stereocenters. The Morgan fingerprint density at radius 2 is 1.92 bits per heavy atom. The summed E-state index contributed by atoms with van der Waals surface area (Å²) in [4.78, 5) is 21.3. The monoisotopic (exact) mass is 323 g/mol. The Morgan fingerprint density at radius 3 is 2.58 bits per heavy atom. The Bertz CT molecular complexity index is 657. The molecule has 1 aliphatic heterocycles. The maximum absolute atomic E-state index is 13.0. The number of hydrogen-bond acceptors (Lipinski definition) is 3. The minimum atomic E-state index is 0.141. The van der Waals surface area contributed by atoms with Gasteiger partial charge in [0, 0.05) is 30.2 Å². The molecule has 4 heteroatoms. The number of rotatable bonds is 5. The number of likely N-dealkylation sites (tertiary alicyclic amines) is 1. The summed E-state index contributed by atoms with van der Waals surface area (Å²) in [5.41, 5.74) is 2.23. The molecule has 0 aliphatic carbocycles. The molecule has 1 amide bonds. The van der Waals surface area contributed by atoms with E-state index in [9.17, 15) is 4.79 Å². The SMILES string of the molecule is CC(C)N(C(=O)CN1CCCC1c1ccncc1)c1ccccc1. The Morgan fingerprint density at radius 1 is 1.21 bits per heavy atom. The van der Waals surface area contributed by atoms with Gasteiger partial charge in [0.1, 0.15) is 0 Å². The molecule has 0 saturated carbocycles. The largest absolute Gasteiger partial charge is 0.309 e. The zero-order chi connectivity index (χ0) is 16.9. The number of benzene rings is 1. The van der Waals surface area contributed by atoms with Gasteiger partial charge in [-0.05, 0) is 63.1 Å². The Hall–Kier alpha value is -2.20. The van der Waals surface area contributed by atoms with Gasteiger partial charge in [-0.3, -0.25) is 14.7 Å². The van der Waals surface area contributed by atoms with Crippen molar-refractivity contribution in [3.8, 4) is 0 Å². The summed E-state index contributed by atoms with van der Waals surface area (Å²) >= 11 is 0. The lowest BCUT2D eigenvalue weighted by atomic mass is 10.1. The van der Waals surface area contributed by atoms with Crippen LogP contribution in [-0.2, 0) is 4.79 Å². The topological polar surface area (TPSA) is 36.4 Å². The Kier molecular flexibility index (Phi) is 5.26. The van der Waals surface area contributed by atoms with Crippen molar-refractivity contribution in [3.05, 3.63) is 60.4 Å². The molecule has 0 radical (unpaired) electrons. The number of anilines is 1. The van der Waals surface area contributed by atoms with E-state index >= 15 is 0 Å². The smallest absolute Gasteiger partial charge is 0.241 e. The van der Waals surface area contributed by atoms with Crippen LogP contribution in [0.25, 0.3) is 0 Å². The highest BCUT2D eigenvalue weighted by molar-refractivity contribution is 5.95. The molecular formula is C20H25N3O. The summed E-state index contributed by atoms with van der Waals surface area (Å²) in [6.07, 6.45) is 5.90. The summed E-state index contributed by atoms with van der Waals surface area (Å²) in [7, 11) is 0. The van der Waals surface area contributed by atoms with Crippen molar-refractivity contribution in [2.45, 2.75) is 38.8 Å². The van der Waals surface area contributed by atoms with E-state index in [0.29, 0.717) is 12.6 Å². The standard InChI is InChI=1S/C20H25N3O/c1-16(2)23(18-7-4-3-5-8-18)20(24)15-22-14-6-9-19(22)17-10-12-21-13-11-17/h3-5,7-8,10-13,16,19H,6,9,14-15H2,1-2H3. The zero-order valence-electron chi connectivity index (χ0n) is 14.4. The predicted molar refractivity (Wildman–Crippen MR) is 96.8 cm³/mol. The Balaban J connectivity index is 1.75. The molecule has 1 aromatic carbocycles. The van der Waals surface area contributed by atoms with E-state index in [4.69, 9.17) is 0 Å². The first-order valence-corrected chi connectivity index (χ1v) is 8.68. The van der Waals surface area contributed by atoms with E-state index < -0.39 is 0 Å². The van der Waals surface area contributed by atoms with Crippen LogP contribution in [-0.4, -0.2) is 34.9 Å². The number of aromatic nitrogens is 1. The summed E-state index contributed by atoms with van der Waals surface area (Å²) in [5.74, 6) is 0.164. The van der Waals surface area contributed by atoms with Gasteiger partial charge < -0.3 is 4.90 Å². The first kappa shape index (κ1) is 16.7. The average molecular weight is 323 g/mol. The molecule has 1 fully saturated rings. The van der Waals surface area contributed by atoms with Gasteiger partial charge in [-0.1, -0.05) is 18.2 Å². The minimum absolute atomic E-state index is 0.141. The molecular weight excluding hydrogens is 298 g/mol. The van der Waals surface area contributed by atoms with E-state index in [0.717, 1.165) is 25.1 Å². The van der Waals surface area contributed by atoms with Crippen molar-refractivity contribution in [2.24, 2.45) is 0 Å². The first-order valence-electron chi connectivity index (χ1n) is 8.68. The summed E-state index contributed by atoms with van der Waals surface area (Å²) < 4.78 is 0. The second-order valence-electron chi connectivity index (χ2n) is 6.60. The third kappa shape index (κ3) is 3.65. The van der Waals surface area contributed by atoms with Gasteiger partial charge in [0.25, 0.3) is 0 Å². The van der Waals surface area contributed by atoms with Gasteiger partial charge in [0.15, 0.2) is 0 Å². The molecule has 0 N–H and O–H groups in total. The van der Waals surface area contributed by atoms with E-state index in [1.54, 1.807) is 0 Å². The maximum Gasteiger partial charge on any atom is 0.241 e. The molecule has 24 heavy (non-hydrogen) atoms. The highest BCUT2D eigenvalue weighted by Crippen LogP contribution is 2.31. The third-order valence-electron chi connectivity index (χ3n) is 4.61. The number of carbonyl (C=O) groups is 1. The molecule has 1 atom stereocenters. The molecule has 3 rings (SSSR count). The van der Waals surface area contributed by atoms with E-state index in [-0.39, 0.29) is 11.9 Å². The number of carbonyl (C=O) groups excluding carboxylic acids is 1. The van der Waals surface area contributed by atoms with E-state index in [1.807, 2.05) is 47.6 Å². The summed E-state index contributed by atoms with van der Waals surface area (Å²) in [6.45, 7) is 5.56. The second-order valence-corrected chi connectivity index (χ2v) is 6.60. The predicted octanol–water partition coefficient (Wildman–Crippen LogP) is 3.66. The van der Waals surface area contributed by atoms with Gasteiger partial charge in [-0.25, -0.2) is 0 Å². The lowest BCUT2D eigenvalue weighted by molar-refractivity contribution is -0.120. The van der Waals surface area contributed by atoms with Crippen LogP contribution < -0.4 is 4.90 Å². The molecule has 1 aromatic heterocycles. The van der Waals surface area contributed by atoms with E-state index in [1.165, 1.54) is 5.56 Å². The quantitative estimate of drug-likeness (QED) is 0.842. The molecule has 126 valence electrons. The molecule has 2 heterocycles. The Labute approximate surface area is 144 Å². The average Bonchev–Trinajstić information content (AvgIpc) is 3.04. The molecule has 0 bridgehead atoms. The first-order chi connectivity index (χ1) is 11.7. The normalized spacial score (nSPS) is 18.0. The van der Waals surface area contributed by atoms with Crippen molar-refractivity contribution >= 4 is 11.6 Å². The van der Waals surface area contributed by atoms with Crippen LogP contribution in [0.5, 0.6) is 0 Å². The van der Waals surface area contributed by atoms with Crippen LogP contribution in [0.4, 0.5) is 5.69 Å². The lowest BCUT2D eigenvalue weighted by Crippen LogP contribution is -2.43. The van der Waals surface area contributed by atoms with Crippen LogP contribution >= 0.6 is 0 Å². The van der Waals surface area contributed by atoms with Crippen LogP contribution in [0.15, 0.2) is 54.9 Å². The molecule has 1 saturated heterocycles. The lowest BCUT2D eigenvalue weighted by Gasteiger charge is -2.31. The highest BCUT2D eigenvalue weighted by atomic mass is 16.2. The number of pyridine rings is 1. The van der Waals surface area contributed by atoms with Gasteiger partial charge >= 0.3 is 0 Å². The van der Waals surface area contributed by atoms with Crippen LogP contribution in [0.3, 0.4) is 0 Å². The second kappa shape index (κ2) is 7.58. The van der Waals surface area contributed by atoms with Crippen molar-refractivity contribution in [2.75, 3.05) is 18.0 Å². The number of nitrogens with zero attached hydrogens (tertiary/aromatic N) is 3. The highest BCUT2D eigenvalue weighted by Gasteiger charge is 2.30. The van der Waals surface area contributed by atoms with Gasteiger partial charge in [-0.2, -0.15) is 0 Å². The van der Waals surface area contributed by atoms with Crippen LogP contribution in [0.1, 0.15) is 38.3 Å². The van der Waals surface area contributed by atoms with Gasteiger partial charge in [0.2, 0.25) is 5.91 Å². The van der Waals surface area contributed by atoms with Crippen molar-refractivity contribution in [1.29, 1.82) is 0 Å². The summed E-state index contributed by atoms with van der Waals surface area (Å²) in [5, 5.41) is 0. The van der Waals surface area contributed by atoms with E-state index in [2.05, 4.69) is 35.9 Å². The van der Waals surface area contributed by atoms with Gasteiger partial charge in [-0.15, -0.1) is 0 Å². The number of amides is 1. The van der Waals surface area contributed by atoms with Gasteiger partial charge in [0.05, 0.1) is 6.54 Å². The molecule has 4 nitrogen and oxygen atoms in total. The number of hydrogen-bond donors (Lipinski definition) is 0. The van der Waals surface area contributed by atoms with Crippen molar-refractivity contribution in [1.82, 2.24) is 9.88 Å². The molecule has 1 aliphatic rings. The fourth-order valence-corrected chi connectivity index (χ4v) is 3.55. The minimum Gasteiger partial charge on any atom is -0.309 e. The fraction of sp³-hybridized carbons (Fsp3) is 0.400. The number of para-hydroxylation sites is 1. The fourth-order valence-electron chi connectivity index (χ4n) is 3.55. The third-order valence-corrected chi connectivity index (χ3v) is 4.61. The van der Waals surface area contributed by atoms with Crippen LogP contribution in [0.2, 0.25) is 0 Å². The van der Waals surface area contributed by atoms with Crippen LogP contribution in [0, 0.1) is 0 Å². The summed E-state index contributed by atoms with van der Waals surface area (Å²) in [6, 6.07) is 14.5. The van der Waals surface area contributed by atoms with Crippen molar-refractivity contribution < 1.29 is 4.79 Å². The maximum atomic E-state index is 13.0.